The first kappa shape index (κ1) is 20.4. The Morgan fingerprint density at radius 2 is 1.70 bits per heavy atom. The standard InChI is InChI=1S/C19H24N2O6/c1-10-7-11(2)16(12(3)15(10)20-13(4)22)21-9-27-8-14(18(23)25-5)17(21)19(24)26-6/h7H,8-9H2,1-6H3,(H,20,22). The fraction of sp³-hybridized carbons (Fsp3) is 0.421. The van der Waals surface area contributed by atoms with Gasteiger partial charge in [0, 0.05) is 12.6 Å². The molecule has 0 spiro atoms. The van der Waals surface area contributed by atoms with Crippen molar-refractivity contribution in [2.75, 3.05) is 37.8 Å². The minimum atomic E-state index is -0.667. The first-order chi connectivity index (χ1) is 12.7. The zero-order valence-electron chi connectivity index (χ0n) is 16.4. The lowest BCUT2D eigenvalue weighted by molar-refractivity contribution is -0.140. The highest BCUT2D eigenvalue weighted by atomic mass is 16.5. The van der Waals surface area contributed by atoms with Gasteiger partial charge in [-0.05, 0) is 37.5 Å². The number of esters is 2. The largest absolute Gasteiger partial charge is 0.466 e. The maximum Gasteiger partial charge on any atom is 0.355 e. The van der Waals surface area contributed by atoms with Gasteiger partial charge in [0.1, 0.15) is 12.4 Å². The number of hydrogen-bond acceptors (Lipinski definition) is 7. The molecule has 0 aliphatic carbocycles. The Kier molecular flexibility index (Phi) is 6.22. The number of amides is 1. The number of carbonyl (C=O) groups is 3. The summed E-state index contributed by atoms with van der Waals surface area (Å²) in [6, 6.07) is 1.90. The van der Waals surface area contributed by atoms with Gasteiger partial charge < -0.3 is 24.4 Å². The number of benzene rings is 1. The smallest absolute Gasteiger partial charge is 0.355 e. The van der Waals surface area contributed by atoms with Crippen LogP contribution in [0, 0.1) is 20.8 Å². The lowest BCUT2D eigenvalue weighted by Gasteiger charge is -2.34. The molecular weight excluding hydrogens is 352 g/mol. The van der Waals surface area contributed by atoms with E-state index in [2.05, 4.69) is 5.32 Å². The van der Waals surface area contributed by atoms with E-state index < -0.39 is 11.9 Å². The van der Waals surface area contributed by atoms with Gasteiger partial charge in [-0.3, -0.25) is 4.79 Å². The Hall–Kier alpha value is -2.87. The van der Waals surface area contributed by atoms with Gasteiger partial charge >= 0.3 is 11.9 Å². The predicted molar refractivity (Wildman–Crippen MR) is 99.3 cm³/mol. The highest BCUT2D eigenvalue weighted by Crippen LogP contribution is 2.37. The number of nitrogens with one attached hydrogen (secondary N) is 1. The monoisotopic (exact) mass is 376 g/mol. The van der Waals surface area contributed by atoms with Crippen LogP contribution in [-0.2, 0) is 28.6 Å². The maximum absolute atomic E-state index is 12.5. The SMILES string of the molecule is COC(=O)C1=C(C(=O)OC)N(c2c(C)cc(C)c(NC(C)=O)c2C)COC1. The third-order valence-corrected chi connectivity index (χ3v) is 4.34. The van der Waals surface area contributed by atoms with Gasteiger partial charge in [-0.2, -0.15) is 0 Å². The molecule has 0 saturated carbocycles. The van der Waals surface area contributed by atoms with Crippen LogP contribution in [0.2, 0.25) is 0 Å². The van der Waals surface area contributed by atoms with Gasteiger partial charge in [0.2, 0.25) is 5.91 Å². The Bertz CT molecular complexity index is 828. The van der Waals surface area contributed by atoms with E-state index in [1.807, 2.05) is 26.8 Å². The molecule has 1 aliphatic heterocycles. The molecule has 0 unspecified atom stereocenters. The summed E-state index contributed by atoms with van der Waals surface area (Å²) in [5.74, 6) is -1.53. The third-order valence-electron chi connectivity index (χ3n) is 4.34. The molecule has 0 fully saturated rings. The van der Waals surface area contributed by atoms with Crippen molar-refractivity contribution >= 4 is 29.2 Å². The second-order valence-corrected chi connectivity index (χ2v) is 6.26. The molecule has 0 atom stereocenters. The fourth-order valence-corrected chi connectivity index (χ4v) is 3.28. The fourth-order valence-electron chi connectivity index (χ4n) is 3.28. The van der Waals surface area contributed by atoms with Gasteiger partial charge in [-0.25, -0.2) is 9.59 Å². The molecule has 1 aromatic rings. The maximum atomic E-state index is 12.5. The van der Waals surface area contributed by atoms with Crippen molar-refractivity contribution < 1.29 is 28.6 Å². The highest BCUT2D eigenvalue weighted by Gasteiger charge is 2.34. The summed E-state index contributed by atoms with van der Waals surface area (Å²) in [7, 11) is 2.48. The Morgan fingerprint density at radius 1 is 1.07 bits per heavy atom. The molecule has 0 radical (unpaired) electrons. The van der Waals surface area contributed by atoms with Gasteiger partial charge in [-0.1, -0.05) is 6.07 Å². The van der Waals surface area contributed by atoms with E-state index in [4.69, 9.17) is 14.2 Å². The number of nitrogens with zero attached hydrogens (tertiary/aromatic N) is 1. The van der Waals surface area contributed by atoms with Crippen LogP contribution in [0.3, 0.4) is 0 Å². The summed E-state index contributed by atoms with van der Waals surface area (Å²) < 4.78 is 15.2. The molecule has 2 rings (SSSR count). The van der Waals surface area contributed by atoms with Gasteiger partial charge in [0.25, 0.3) is 0 Å². The van der Waals surface area contributed by atoms with Crippen LogP contribution < -0.4 is 10.2 Å². The number of ether oxygens (including phenoxy) is 3. The van der Waals surface area contributed by atoms with E-state index in [-0.39, 0.29) is 30.5 Å². The number of hydrogen-bond donors (Lipinski definition) is 1. The molecule has 1 heterocycles. The zero-order chi connectivity index (χ0) is 20.3. The molecule has 27 heavy (non-hydrogen) atoms. The molecule has 8 heteroatoms. The Labute approximate surface area is 158 Å². The number of anilines is 2. The summed E-state index contributed by atoms with van der Waals surface area (Å²) in [5, 5.41) is 2.82. The molecule has 1 amide bonds. The van der Waals surface area contributed by atoms with Gasteiger partial charge in [-0.15, -0.1) is 0 Å². The molecule has 0 bridgehead atoms. The van der Waals surface area contributed by atoms with Gasteiger partial charge in [0.05, 0.1) is 32.1 Å². The average Bonchev–Trinajstić information content (AvgIpc) is 2.63. The summed E-state index contributed by atoms with van der Waals surface area (Å²) in [4.78, 5) is 37.8. The van der Waals surface area contributed by atoms with Crippen molar-refractivity contribution in [1.29, 1.82) is 0 Å². The Morgan fingerprint density at radius 3 is 2.26 bits per heavy atom. The number of methoxy groups -OCH3 is 2. The van der Waals surface area contributed by atoms with Crippen LogP contribution in [0.5, 0.6) is 0 Å². The topological polar surface area (TPSA) is 94.2 Å². The van der Waals surface area contributed by atoms with E-state index in [0.717, 1.165) is 16.7 Å². The molecule has 1 aliphatic rings. The first-order valence-corrected chi connectivity index (χ1v) is 8.36. The van der Waals surface area contributed by atoms with Crippen molar-refractivity contribution in [2.45, 2.75) is 27.7 Å². The lowest BCUT2D eigenvalue weighted by Crippen LogP contribution is -2.39. The minimum absolute atomic E-state index is 0.0508. The first-order valence-electron chi connectivity index (χ1n) is 8.36. The number of aryl methyl sites for hydroxylation is 2. The highest BCUT2D eigenvalue weighted by molar-refractivity contribution is 6.04. The van der Waals surface area contributed by atoms with E-state index in [1.165, 1.54) is 21.1 Å². The summed E-state index contributed by atoms with van der Waals surface area (Å²) in [6.45, 7) is 7.03. The second-order valence-electron chi connectivity index (χ2n) is 6.26. The van der Waals surface area contributed by atoms with E-state index in [0.29, 0.717) is 11.4 Å². The molecule has 1 aromatic carbocycles. The van der Waals surface area contributed by atoms with Gasteiger partial charge in [0.15, 0.2) is 0 Å². The zero-order valence-corrected chi connectivity index (χ0v) is 16.4. The lowest BCUT2D eigenvalue weighted by atomic mass is 9.99. The normalized spacial score (nSPS) is 14.1. The van der Waals surface area contributed by atoms with Crippen LogP contribution in [0.1, 0.15) is 23.6 Å². The van der Waals surface area contributed by atoms with Crippen molar-refractivity contribution in [3.05, 3.63) is 34.0 Å². The van der Waals surface area contributed by atoms with Crippen LogP contribution in [-0.4, -0.2) is 45.4 Å². The molecule has 8 nitrogen and oxygen atoms in total. The van der Waals surface area contributed by atoms with E-state index >= 15 is 0 Å². The summed E-state index contributed by atoms with van der Waals surface area (Å²) in [5.41, 5.74) is 3.95. The van der Waals surface area contributed by atoms with E-state index in [9.17, 15) is 14.4 Å². The minimum Gasteiger partial charge on any atom is -0.466 e. The summed E-state index contributed by atoms with van der Waals surface area (Å²) in [6.07, 6.45) is 0. The Balaban J connectivity index is 2.73. The third kappa shape index (κ3) is 3.95. The van der Waals surface area contributed by atoms with Crippen molar-refractivity contribution in [3.8, 4) is 0 Å². The van der Waals surface area contributed by atoms with Crippen LogP contribution in [0.25, 0.3) is 0 Å². The van der Waals surface area contributed by atoms with Crippen LogP contribution in [0.15, 0.2) is 17.3 Å². The van der Waals surface area contributed by atoms with Crippen LogP contribution in [0.4, 0.5) is 11.4 Å². The molecule has 1 N–H and O–H groups in total. The van der Waals surface area contributed by atoms with E-state index in [1.54, 1.807) is 4.90 Å². The van der Waals surface area contributed by atoms with Crippen molar-refractivity contribution in [2.24, 2.45) is 0 Å². The number of carbonyl (C=O) groups excluding carboxylic acids is 3. The molecule has 146 valence electrons. The van der Waals surface area contributed by atoms with Crippen LogP contribution >= 0.6 is 0 Å². The predicted octanol–water partition coefficient (Wildman–Crippen LogP) is 1.96. The molecular formula is C19H24N2O6. The second kappa shape index (κ2) is 8.22. The summed E-state index contributed by atoms with van der Waals surface area (Å²) >= 11 is 0. The molecule has 0 saturated heterocycles. The van der Waals surface area contributed by atoms with Crippen molar-refractivity contribution in [1.82, 2.24) is 0 Å². The molecule has 0 aromatic heterocycles. The number of rotatable bonds is 4. The van der Waals surface area contributed by atoms with Crippen molar-refractivity contribution in [3.63, 3.8) is 0 Å². The quantitative estimate of drug-likeness (QED) is 0.803. The average molecular weight is 376 g/mol.